The van der Waals surface area contributed by atoms with Crippen LogP contribution in [0.1, 0.15) is 31.0 Å². The number of aryl methyl sites for hydroxylation is 1. The highest BCUT2D eigenvalue weighted by Gasteiger charge is 2.26. The van der Waals surface area contributed by atoms with Crippen molar-refractivity contribution in [2.75, 3.05) is 45.9 Å². The van der Waals surface area contributed by atoms with Crippen LogP contribution in [-0.4, -0.2) is 71.7 Å². The molecule has 1 aliphatic rings. The monoisotopic (exact) mass is 576 g/mol. The van der Waals surface area contributed by atoms with Gasteiger partial charge in [0.25, 0.3) is 0 Å². The Morgan fingerprint density at radius 2 is 2.03 bits per heavy atom. The zero-order valence-corrected chi connectivity index (χ0v) is 22.0. The molecule has 8 nitrogen and oxygen atoms in total. The Morgan fingerprint density at radius 1 is 1.31 bits per heavy atom. The van der Waals surface area contributed by atoms with Gasteiger partial charge in [-0.3, -0.25) is 9.58 Å². The number of ether oxygens (including phenoxy) is 1. The lowest BCUT2D eigenvalue weighted by Gasteiger charge is -2.35. The van der Waals surface area contributed by atoms with Gasteiger partial charge in [0.15, 0.2) is 5.96 Å². The minimum atomic E-state index is -1.11. The fraction of sp³-hybridized carbons (Fsp3) is 0.545. The van der Waals surface area contributed by atoms with Crippen LogP contribution in [0.15, 0.2) is 41.7 Å². The molecule has 2 heterocycles. The Morgan fingerprint density at radius 3 is 2.66 bits per heavy atom. The van der Waals surface area contributed by atoms with E-state index >= 15 is 0 Å². The van der Waals surface area contributed by atoms with Crippen LogP contribution in [0.4, 0.5) is 0 Å². The summed E-state index contributed by atoms with van der Waals surface area (Å²) in [5, 5.41) is 22.5. The number of halogens is 2. The fourth-order valence-corrected chi connectivity index (χ4v) is 3.89. The van der Waals surface area contributed by atoms with Crippen molar-refractivity contribution in [1.82, 2.24) is 25.3 Å². The second-order valence-corrected chi connectivity index (χ2v) is 8.35. The van der Waals surface area contributed by atoms with E-state index in [1.54, 1.807) is 17.8 Å². The third-order valence-electron chi connectivity index (χ3n) is 5.43. The molecule has 32 heavy (non-hydrogen) atoms. The predicted molar refractivity (Wildman–Crippen MR) is 139 cm³/mol. The predicted octanol–water partition coefficient (Wildman–Crippen LogP) is 2.53. The average molecular weight is 577 g/mol. The van der Waals surface area contributed by atoms with Gasteiger partial charge >= 0.3 is 0 Å². The van der Waals surface area contributed by atoms with Gasteiger partial charge < -0.3 is 20.5 Å². The number of hydrogen-bond donors (Lipinski definition) is 3. The third kappa shape index (κ3) is 7.31. The molecule has 0 amide bonds. The molecule has 1 aliphatic heterocycles. The van der Waals surface area contributed by atoms with Crippen LogP contribution >= 0.6 is 35.6 Å². The van der Waals surface area contributed by atoms with Gasteiger partial charge in [-0.25, -0.2) is 4.99 Å². The van der Waals surface area contributed by atoms with Gasteiger partial charge in [-0.2, -0.15) is 5.10 Å². The van der Waals surface area contributed by atoms with Gasteiger partial charge in [0.2, 0.25) is 0 Å². The zero-order chi connectivity index (χ0) is 22.3. The van der Waals surface area contributed by atoms with E-state index in [2.05, 4.69) is 31.7 Å². The molecule has 1 aromatic heterocycles. The van der Waals surface area contributed by atoms with Crippen molar-refractivity contribution in [3.8, 4) is 0 Å². The lowest BCUT2D eigenvalue weighted by molar-refractivity contribution is 0.0170. The van der Waals surface area contributed by atoms with Gasteiger partial charge in [0.05, 0.1) is 32.0 Å². The Bertz CT molecular complexity index is 870. The minimum Gasteiger partial charge on any atom is -0.383 e. The standard InChI is InChI=1S/C22H33ClN6O2.HI/c1-4-24-21(26-16-22(2,30)17-13-27-28(3)15-17)25-14-20(29-9-11-31-12-10-29)18-7-5-6-8-19(18)23;/h5-8,13,15,20,30H,4,9-12,14,16H2,1-3H3,(H2,24,25,26);1H. The van der Waals surface area contributed by atoms with Crippen molar-refractivity contribution in [1.29, 1.82) is 0 Å². The molecule has 0 bridgehead atoms. The van der Waals surface area contributed by atoms with Crippen molar-refractivity contribution >= 4 is 41.5 Å². The number of rotatable bonds is 8. The topological polar surface area (TPSA) is 86.9 Å². The Labute approximate surface area is 212 Å². The summed E-state index contributed by atoms with van der Waals surface area (Å²) in [7, 11) is 1.83. The number of guanidine groups is 1. The van der Waals surface area contributed by atoms with Gasteiger partial charge in [0.1, 0.15) is 5.60 Å². The number of morpholine rings is 1. The summed E-state index contributed by atoms with van der Waals surface area (Å²) in [5.41, 5.74) is 0.705. The summed E-state index contributed by atoms with van der Waals surface area (Å²) in [5.74, 6) is 0.650. The number of benzene rings is 1. The molecule has 1 saturated heterocycles. The highest BCUT2D eigenvalue weighted by molar-refractivity contribution is 14.0. The second-order valence-electron chi connectivity index (χ2n) is 7.94. The van der Waals surface area contributed by atoms with Gasteiger partial charge in [-0.1, -0.05) is 29.8 Å². The van der Waals surface area contributed by atoms with E-state index in [0.29, 0.717) is 25.7 Å². The number of nitrogens with one attached hydrogen (secondary N) is 2. The van der Waals surface area contributed by atoms with Crippen molar-refractivity contribution in [3.63, 3.8) is 0 Å². The molecule has 2 unspecified atom stereocenters. The molecule has 0 radical (unpaired) electrons. The number of aromatic nitrogens is 2. The average Bonchev–Trinajstić information content (AvgIpc) is 3.21. The lowest BCUT2D eigenvalue weighted by Crippen LogP contribution is -2.46. The maximum atomic E-state index is 10.9. The number of hydrogen-bond acceptors (Lipinski definition) is 5. The van der Waals surface area contributed by atoms with Gasteiger partial charge in [0, 0.05) is 50.0 Å². The summed E-state index contributed by atoms with van der Waals surface area (Å²) < 4.78 is 7.21. The molecule has 2 atom stereocenters. The number of aliphatic imine (C=N–C) groups is 1. The van der Waals surface area contributed by atoms with Crippen molar-refractivity contribution in [2.24, 2.45) is 12.0 Å². The van der Waals surface area contributed by atoms with E-state index in [9.17, 15) is 5.11 Å². The summed E-state index contributed by atoms with van der Waals surface area (Å²) in [6.07, 6.45) is 3.48. The van der Waals surface area contributed by atoms with Crippen LogP contribution in [0.2, 0.25) is 5.02 Å². The first kappa shape index (κ1) is 26.8. The molecular formula is C22H34ClIN6O2. The smallest absolute Gasteiger partial charge is 0.191 e. The first-order valence-corrected chi connectivity index (χ1v) is 11.1. The molecule has 0 aliphatic carbocycles. The minimum absolute atomic E-state index is 0. The number of nitrogens with zero attached hydrogens (tertiary/aromatic N) is 4. The van der Waals surface area contributed by atoms with Crippen LogP contribution in [0.25, 0.3) is 0 Å². The second kappa shape index (κ2) is 12.7. The van der Waals surface area contributed by atoms with E-state index in [-0.39, 0.29) is 36.6 Å². The van der Waals surface area contributed by atoms with Crippen molar-refractivity contribution in [3.05, 3.63) is 52.8 Å². The molecule has 3 rings (SSSR count). The summed E-state index contributed by atoms with van der Waals surface area (Å²) in [6.45, 7) is 8.44. The highest BCUT2D eigenvalue weighted by atomic mass is 127. The van der Waals surface area contributed by atoms with E-state index in [1.165, 1.54) is 0 Å². The maximum Gasteiger partial charge on any atom is 0.191 e. The van der Waals surface area contributed by atoms with Crippen LogP contribution in [0.3, 0.4) is 0 Å². The van der Waals surface area contributed by atoms with Crippen LogP contribution in [0.5, 0.6) is 0 Å². The largest absolute Gasteiger partial charge is 0.383 e. The Hall–Kier alpha value is -1.40. The normalized spacial score (nSPS) is 17.8. The molecule has 10 heteroatoms. The van der Waals surface area contributed by atoms with Crippen molar-refractivity contribution < 1.29 is 9.84 Å². The first-order valence-electron chi connectivity index (χ1n) is 10.7. The Balaban J connectivity index is 0.00000363. The van der Waals surface area contributed by atoms with Gasteiger partial charge in [-0.05, 0) is 25.5 Å². The van der Waals surface area contributed by atoms with Crippen molar-refractivity contribution in [2.45, 2.75) is 25.5 Å². The van der Waals surface area contributed by atoms with E-state index in [1.807, 2.05) is 38.4 Å². The molecule has 1 aromatic carbocycles. The lowest BCUT2D eigenvalue weighted by atomic mass is 10.0. The van der Waals surface area contributed by atoms with E-state index < -0.39 is 5.60 Å². The molecule has 0 spiro atoms. The summed E-state index contributed by atoms with van der Waals surface area (Å²) in [6, 6.07) is 8.04. The van der Waals surface area contributed by atoms with Crippen LogP contribution in [-0.2, 0) is 17.4 Å². The zero-order valence-electron chi connectivity index (χ0n) is 18.9. The maximum absolute atomic E-state index is 10.9. The quantitative estimate of drug-likeness (QED) is 0.254. The highest BCUT2D eigenvalue weighted by Crippen LogP contribution is 2.28. The number of aliphatic hydroxyl groups is 1. The van der Waals surface area contributed by atoms with E-state index in [4.69, 9.17) is 16.3 Å². The molecular weight excluding hydrogens is 543 g/mol. The molecule has 0 saturated carbocycles. The fourth-order valence-electron chi connectivity index (χ4n) is 3.63. The summed E-state index contributed by atoms with van der Waals surface area (Å²) in [4.78, 5) is 7.02. The molecule has 3 N–H and O–H groups in total. The molecule has 2 aromatic rings. The van der Waals surface area contributed by atoms with Crippen LogP contribution < -0.4 is 10.6 Å². The first-order chi connectivity index (χ1) is 14.9. The van der Waals surface area contributed by atoms with Gasteiger partial charge in [-0.15, -0.1) is 24.0 Å². The SMILES string of the molecule is CCNC(=NCC(C)(O)c1cnn(C)c1)NCC(c1ccccc1Cl)N1CCOCC1.I. The van der Waals surface area contributed by atoms with E-state index in [0.717, 1.165) is 35.8 Å². The molecule has 178 valence electrons. The third-order valence-corrected chi connectivity index (χ3v) is 5.77. The Kier molecular flexibility index (Phi) is 10.7. The molecule has 1 fully saturated rings. The van der Waals surface area contributed by atoms with Crippen LogP contribution in [0, 0.1) is 0 Å². The summed E-state index contributed by atoms with van der Waals surface area (Å²) >= 11 is 6.53.